The number of ether oxygens (including phenoxy) is 1. The van der Waals surface area contributed by atoms with Crippen molar-refractivity contribution in [3.8, 4) is 5.75 Å². The number of aryl methyl sites for hydroxylation is 1. The zero-order valence-corrected chi connectivity index (χ0v) is 18.5. The molecule has 6 nitrogen and oxygen atoms in total. The first kappa shape index (κ1) is 20.9. The minimum absolute atomic E-state index is 0.109. The second kappa shape index (κ2) is 8.04. The number of piperidine rings is 1. The van der Waals surface area contributed by atoms with Crippen LogP contribution in [0.15, 0.2) is 47.4 Å². The van der Waals surface area contributed by atoms with Crippen molar-refractivity contribution in [3.05, 3.63) is 53.6 Å². The van der Waals surface area contributed by atoms with Crippen LogP contribution in [0.2, 0.25) is 0 Å². The first-order chi connectivity index (χ1) is 14.3. The Bertz CT molecular complexity index is 1060. The molecule has 0 aliphatic carbocycles. The molecule has 0 aromatic heterocycles. The third-order valence-corrected chi connectivity index (χ3v) is 8.10. The summed E-state index contributed by atoms with van der Waals surface area (Å²) >= 11 is 0. The second-order valence-electron chi connectivity index (χ2n) is 8.22. The number of methoxy groups -OCH3 is 1. The van der Waals surface area contributed by atoms with Gasteiger partial charge in [-0.15, -0.1) is 0 Å². The molecule has 2 aromatic rings. The Kier molecular flexibility index (Phi) is 5.59. The highest BCUT2D eigenvalue weighted by Crippen LogP contribution is 2.36. The van der Waals surface area contributed by atoms with Crippen molar-refractivity contribution in [3.63, 3.8) is 0 Å². The van der Waals surface area contributed by atoms with E-state index in [1.807, 2.05) is 36.1 Å². The van der Waals surface area contributed by atoms with Crippen LogP contribution in [0.3, 0.4) is 0 Å². The number of para-hydroxylation sites is 1. The molecule has 1 amide bonds. The zero-order valence-electron chi connectivity index (χ0n) is 17.7. The predicted octanol–water partition coefficient (Wildman–Crippen LogP) is 3.38. The molecule has 2 aromatic carbocycles. The quantitative estimate of drug-likeness (QED) is 0.749. The van der Waals surface area contributed by atoms with Gasteiger partial charge in [-0.1, -0.05) is 24.3 Å². The Balaban J connectivity index is 1.49. The van der Waals surface area contributed by atoms with Crippen LogP contribution in [0.4, 0.5) is 5.69 Å². The number of carbonyl (C=O) groups is 1. The van der Waals surface area contributed by atoms with Crippen LogP contribution in [0.1, 0.15) is 30.9 Å². The van der Waals surface area contributed by atoms with Crippen LogP contribution >= 0.6 is 0 Å². The summed E-state index contributed by atoms with van der Waals surface area (Å²) in [6.45, 7) is 4.60. The van der Waals surface area contributed by atoms with Crippen LogP contribution in [-0.2, 0) is 21.2 Å². The number of nitrogens with zero attached hydrogens (tertiary/aromatic N) is 2. The highest BCUT2D eigenvalue weighted by Gasteiger charge is 2.38. The van der Waals surface area contributed by atoms with E-state index in [4.69, 9.17) is 4.74 Å². The van der Waals surface area contributed by atoms with Gasteiger partial charge in [0.15, 0.2) is 0 Å². The molecule has 7 heteroatoms. The Morgan fingerprint density at radius 3 is 2.50 bits per heavy atom. The number of carbonyl (C=O) groups excluding carboxylic acids is 1. The summed E-state index contributed by atoms with van der Waals surface area (Å²) in [5.74, 6) is 0.295. The van der Waals surface area contributed by atoms with Gasteiger partial charge < -0.3 is 9.64 Å². The van der Waals surface area contributed by atoms with Gasteiger partial charge in [0.2, 0.25) is 15.9 Å². The molecule has 0 bridgehead atoms. The number of sulfonamides is 1. The summed E-state index contributed by atoms with van der Waals surface area (Å²) in [5, 5.41) is 0. The number of anilines is 1. The minimum atomic E-state index is -3.67. The third kappa shape index (κ3) is 3.61. The number of hydrogen-bond donors (Lipinski definition) is 0. The number of rotatable bonds is 4. The summed E-state index contributed by atoms with van der Waals surface area (Å²) in [5.41, 5.74) is 3.06. The Labute approximate surface area is 178 Å². The van der Waals surface area contributed by atoms with E-state index in [0.29, 0.717) is 31.7 Å². The molecule has 0 saturated carbocycles. The van der Waals surface area contributed by atoms with Crippen LogP contribution in [-0.4, -0.2) is 44.9 Å². The van der Waals surface area contributed by atoms with Crippen molar-refractivity contribution in [2.45, 2.75) is 44.0 Å². The highest BCUT2D eigenvalue weighted by atomic mass is 32.2. The maximum absolute atomic E-state index is 13.3. The lowest BCUT2D eigenvalue weighted by Gasteiger charge is -2.34. The predicted molar refractivity (Wildman–Crippen MR) is 116 cm³/mol. The Hall–Kier alpha value is -2.38. The monoisotopic (exact) mass is 428 g/mol. The molecule has 2 heterocycles. The van der Waals surface area contributed by atoms with Crippen molar-refractivity contribution in [1.29, 1.82) is 0 Å². The summed E-state index contributed by atoms with van der Waals surface area (Å²) in [7, 11) is -2.20. The number of hydrogen-bond acceptors (Lipinski definition) is 4. The molecule has 2 aliphatic rings. The molecule has 1 atom stereocenters. The van der Waals surface area contributed by atoms with Gasteiger partial charge >= 0.3 is 0 Å². The number of amides is 1. The zero-order chi connectivity index (χ0) is 21.5. The van der Waals surface area contributed by atoms with E-state index in [9.17, 15) is 13.2 Å². The van der Waals surface area contributed by atoms with Gasteiger partial charge in [-0.2, -0.15) is 4.31 Å². The molecule has 0 spiro atoms. The molecule has 1 unspecified atom stereocenters. The van der Waals surface area contributed by atoms with Crippen molar-refractivity contribution in [1.82, 2.24) is 4.31 Å². The van der Waals surface area contributed by atoms with Crippen molar-refractivity contribution in [2.75, 3.05) is 25.1 Å². The van der Waals surface area contributed by atoms with E-state index in [1.165, 1.54) is 17.0 Å². The van der Waals surface area contributed by atoms with Crippen LogP contribution < -0.4 is 9.64 Å². The summed E-state index contributed by atoms with van der Waals surface area (Å²) < 4.78 is 33.2. The maximum Gasteiger partial charge on any atom is 0.246 e. The van der Waals surface area contributed by atoms with Crippen LogP contribution in [0.5, 0.6) is 5.75 Å². The number of benzene rings is 2. The molecule has 30 heavy (non-hydrogen) atoms. The average Bonchev–Trinajstić information content (AvgIpc) is 3.09. The molecular formula is C23H28N2O4S. The Morgan fingerprint density at radius 2 is 1.80 bits per heavy atom. The van der Waals surface area contributed by atoms with Crippen LogP contribution in [0, 0.1) is 12.8 Å². The van der Waals surface area contributed by atoms with Gasteiger partial charge in [0.1, 0.15) is 10.6 Å². The fourth-order valence-electron chi connectivity index (χ4n) is 4.57. The molecule has 160 valence electrons. The molecule has 0 N–H and O–H groups in total. The van der Waals surface area contributed by atoms with E-state index >= 15 is 0 Å². The molecule has 4 rings (SSSR count). The number of fused-ring (bicyclic) bond motifs is 1. The SMILES string of the molecule is COc1ccc(C)cc1S(=O)(=O)N1CCC(C(=O)N2c3ccccc3CC2C)CC1. The van der Waals surface area contributed by atoms with E-state index in [2.05, 4.69) is 13.0 Å². The van der Waals surface area contributed by atoms with E-state index in [1.54, 1.807) is 12.1 Å². The first-order valence-electron chi connectivity index (χ1n) is 10.4. The third-order valence-electron chi connectivity index (χ3n) is 6.18. The first-order valence-corrected chi connectivity index (χ1v) is 11.8. The lowest BCUT2D eigenvalue weighted by atomic mass is 9.96. The average molecular weight is 429 g/mol. The van der Waals surface area contributed by atoms with Gasteiger partial charge in [-0.3, -0.25) is 4.79 Å². The fourth-order valence-corrected chi connectivity index (χ4v) is 6.28. The van der Waals surface area contributed by atoms with Gasteiger partial charge in [0.05, 0.1) is 7.11 Å². The maximum atomic E-state index is 13.3. The van der Waals surface area contributed by atoms with Crippen LogP contribution in [0.25, 0.3) is 0 Å². The summed E-state index contributed by atoms with van der Waals surface area (Å²) in [4.78, 5) is 15.4. The van der Waals surface area contributed by atoms with Crippen molar-refractivity contribution in [2.24, 2.45) is 5.92 Å². The topological polar surface area (TPSA) is 66.9 Å². The summed E-state index contributed by atoms with van der Waals surface area (Å²) in [6, 6.07) is 13.3. The largest absolute Gasteiger partial charge is 0.495 e. The Morgan fingerprint density at radius 1 is 1.10 bits per heavy atom. The second-order valence-corrected chi connectivity index (χ2v) is 10.1. The molecule has 1 fully saturated rings. The molecule has 0 radical (unpaired) electrons. The molecule has 2 aliphatic heterocycles. The van der Waals surface area contributed by atoms with Crippen molar-refractivity contribution < 1.29 is 17.9 Å². The normalized spacial score (nSPS) is 20.2. The van der Waals surface area contributed by atoms with E-state index in [-0.39, 0.29) is 22.8 Å². The van der Waals surface area contributed by atoms with Gasteiger partial charge in [-0.25, -0.2) is 8.42 Å². The summed E-state index contributed by atoms with van der Waals surface area (Å²) in [6.07, 6.45) is 1.91. The highest BCUT2D eigenvalue weighted by molar-refractivity contribution is 7.89. The minimum Gasteiger partial charge on any atom is -0.495 e. The van der Waals surface area contributed by atoms with Gasteiger partial charge in [0, 0.05) is 30.7 Å². The van der Waals surface area contributed by atoms with E-state index < -0.39 is 10.0 Å². The lowest BCUT2D eigenvalue weighted by molar-refractivity contribution is -0.123. The molecular weight excluding hydrogens is 400 g/mol. The van der Waals surface area contributed by atoms with Gasteiger partial charge in [0.25, 0.3) is 0 Å². The smallest absolute Gasteiger partial charge is 0.246 e. The van der Waals surface area contributed by atoms with Gasteiger partial charge in [-0.05, 0) is 62.4 Å². The lowest BCUT2D eigenvalue weighted by Crippen LogP contribution is -2.46. The standard InChI is InChI=1S/C23H28N2O4S/c1-16-8-9-21(29-3)22(14-16)30(27,28)24-12-10-18(11-13-24)23(26)25-17(2)15-19-6-4-5-7-20(19)25/h4-9,14,17-18H,10-13,15H2,1-3H3. The fraction of sp³-hybridized carbons (Fsp3) is 0.435. The van der Waals surface area contributed by atoms with Crippen molar-refractivity contribution >= 4 is 21.6 Å². The van der Waals surface area contributed by atoms with E-state index in [0.717, 1.165) is 17.7 Å². The molecule has 1 saturated heterocycles.